The minimum Gasteiger partial charge on any atom is -0.481 e. The molecule has 0 spiro atoms. The number of benzene rings is 2. The van der Waals surface area contributed by atoms with Crippen LogP contribution in [0.25, 0.3) is 0 Å². The summed E-state index contributed by atoms with van der Waals surface area (Å²) in [5.74, 6) is -0.714. The van der Waals surface area contributed by atoms with Gasteiger partial charge < -0.3 is 19.4 Å². The van der Waals surface area contributed by atoms with Gasteiger partial charge in [0.25, 0.3) is 5.91 Å². The lowest BCUT2D eigenvalue weighted by molar-refractivity contribution is -0.149. The Balaban J connectivity index is 1.22. The highest BCUT2D eigenvalue weighted by Gasteiger charge is 2.38. The van der Waals surface area contributed by atoms with Crippen LogP contribution in [0.5, 0.6) is 5.75 Å². The summed E-state index contributed by atoms with van der Waals surface area (Å²) in [6.07, 6.45) is 0. The molecule has 0 saturated carbocycles. The second-order valence-corrected chi connectivity index (χ2v) is 8.32. The first-order valence-corrected chi connectivity index (χ1v) is 10.7. The average Bonchev–Trinajstić information content (AvgIpc) is 2.74. The lowest BCUT2D eigenvalue weighted by Gasteiger charge is -2.43. The molecule has 0 atom stereocenters. The van der Waals surface area contributed by atoms with Gasteiger partial charge in [-0.15, -0.1) is 0 Å². The van der Waals surface area contributed by atoms with E-state index in [9.17, 15) is 14.0 Å². The first-order chi connectivity index (χ1) is 14.9. The fourth-order valence-corrected chi connectivity index (χ4v) is 4.12. The number of hydrogen-bond acceptors (Lipinski definition) is 4. The number of carbonyl (C=O) groups excluding carboxylic acids is 2. The molecule has 164 valence electrons. The van der Waals surface area contributed by atoms with Gasteiger partial charge in [0.2, 0.25) is 5.91 Å². The topological polar surface area (TPSA) is 53.1 Å². The fraction of sp³-hybridized carbons (Fsp3) is 0.417. The van der Waals surface area contributed by atoms with E-state index in [-0.39, 0.29) is 30.1 Å². The number of nitrogens with zero attached hydrogens (tertiary/aromatic N) is 3. The van der Waals surface area contributed by atoms with E-state index >= 15 is 0 Å². The molecule has 2 saturated heterocycles. The Morgan fingerprint density at radius 1 is 1.00 bits per heavy atom. The maximum absolute atomic E-state index is 13.6. The molecule has 0 unspecified atom stereocenters. The smallest absolute Gasteiger partial charge is 0.260 e. The quantitative estimate of drug-likeness (QED) is 0.739. The van der Waals surface area contributed by atoms with Crippen molar-refractivity contribution in [2.75, 3.05) is 50.8 Å². The molecule has 31 heavy (non-hydrogen) atoms. The van der Waals surface area contributed by atoms with E-state index in [1.54, 1.807) is 17.0 Å². The Labute approximate surface area is 182 Å². The molecule has 0 radical (unpaired) electrons. The van der Waals surface area contributed by atoms with Crippen LogP contribution in [-0.4, -0.2) is 67.5 Å². The van der Waals surface area contributed by atoms with Crippen LogP contribution in [0.15, 0.2) is 42.5 Å². The van der Waals surface area contributed by atoms with Crippen LogP contribution in [0.3, 0.4) is 0 Å². The summed E-state index contributed by atoms with van der Waals surface area (Å²) in [5, 5.41) is 0. The van der Waals surface area contributed by atoms with E-state index in [0.29, 0.717) is 26.2 Å². The Morgan fingerprint density at radius 2 is 1.71 bits per heavy atom. The largest absolute Gasteiger partial charge is 0.481 e. The van der Waals surface area contributed by atoms with Crippen LogP contribution in [0.4, 0.5) is 10.1 Å². The van der Waals surface area contributed by atoms with E-state index < -0.39 is 5.82 Å². The lowest BCUT2D eigenvalue weighted by Crippen LogP contribution is -2.59. The van der Waals surface area contributed by atoms with Gasteiger partial charge in [-0.1, -0.05) is 24.3 Å². The highest BCUT2D eigenvalue weighted by molar-refractivity contribution is 5.85. The van der Waals surface area contributed by atoms with Gasteiger partial charge >= 0.3 is 0 Å². The fourth-order valence-electron chi connectivity index (χ4n) is 4.12. The van der Waals surface area contributed by atoms with Gasteiger partial charge in [-0.2, -0.15) is 0 Å². The van der Waals surface area contributed by atoms with Crippen molar-refractivity contribution in [1.29, 1.82) is 0 Å². The van der Waals surface area contributed by atoms with Crippen LogP contribution in [0, 0.1) is 25.6 Å². The van der Waals surface area contributed by atoms with Gasteiger partial charge in [-0.3, -0.25) is 9.59 Å². The summed E-state index contributed by atoms with van der Waals surface area (Å²) >= 11 is 0. The van der Waals surface area contributed by atoms with Gasteiger partial charge in [-0.05, 0) is 43.2 Å². The van der Waals surface area contributed by atoms with Crippen molar-refractivity contribution in [2.45, 2.75) is 13.8 Å². The van der Waals surface area contributed by atoms with E-state index in [0.717, 1.165) is 13.1 Å². The van der Waals surface area contributed by atoms with Gasteiger partial charge in [-0.25, -0.2) is 4.39 Å². The molecule has 0 aromatic heterocycles. The van der Waals surface area contributed by atoms with E-state index in [4.69, 9.17) is 4.74 Å². The average molecular weight is 426 g/mol. The van der Waals surface area contributed by atoms with E-state index in [2.05, 4.69) is 36.9 Å². The summed E-state index contributed by atoms with van der Waals surface area (Å²) in [6, 6.07) is 12.5. The molecule has 0 N–H and O–H groups in total. The molecule has 2 fully saturated rings. The summed E-state index contributed by atoms with van der Waals surface area (Å²) < 4.78 is 18.9. The number of carbonyl (C=O) groups is 2. The molecule has 2 aliphatic rings. The van der Waals surface area contributed by atoms with Crippen molar-refractivity contribution < 1.29 is 18.7 Å². The van der Waals surface area contributed by atoms with Crippen LogP contribution < -0.4 is 9.64 Å². The second kappa shape index (κ2) is 8.96. The first kappa shape index (κ1) is 21.2. The van der Waals surface area contributed by atoms with Gasteiger partial charge in [0.05, 0.1) is 5.92 Å². The standard InChI is InChI=1S/C24H28FN3O3/c1-17-7-8-18(2)21(13-17)26-9-11-27(12-10-26)24(30)19-14-28(15-19)23(29)16-31-22-6-4-3-5-20(22)25/h3-8,13,19H,9-12,14-16H2,1-2H3. The summed E-state index contributed by atoms with van der Waals surface area (Å²) in [7, 11) is 0. The van der Waals surface area contributed by atoms with Crippen molar-refractivity contribution >= 4 is 17.5 Å². The Morgan fingerprint density at radius 3 is 2.42 bits per heavy atom. The van der Waals surface area contributed by atoms with Gasteiger partial charge in [0.15, 0.2) is 18.2 Å². The molecule has 2 aromatic carbocycles. The minimum absolute atomic E-state index is 0.0608. The predicted octanol–water partition coefficient (Wildman–Crippen LogP) is 2.63. The summed E-state index contributed by atoms with van der Waals surface area (Å²) in [4.78, 5) is 30.9. The number of rotatable bonds is 5. The van der Waals surface area contributed by atoms with Crippen molar-refractivity contribution in [3.63, 3.8) is 0 Å². The van der Waals surface area contributed by atoms with Crippen LogP contribution >= 0.6 is 0 Å². The van der Waals surface area contributed by atoms with Crippen LogP contribution in [-0.2, 0) is 9.59 Å². The maximum atomic E-state index is 13.6. The lowest BCUT2D eigenvalue weighted by atomic mass is 9.98. The monoisotopic (exact) mass is 425 g/mol. The molecule has 7 heteroatoms. The molecular weight excluding hydrogens is 397 g/mol. The van der Waals surface area contributed by atoms with Gasteiger partial charge in [0.1, 0.15) is 0 Å². The number of ether oxygens (including phenoxy) is 1. The maximum Gasteiger partial charge on any atom is 0.260 e. The molecule has 2 heterocycles. The highest BCUT2D eigenvalue weighted by atomic mass is 19.1. The van der Waals surface area contributed by atoms with Crippen molar-refractivity contribution in [3.8, 4) is 5.75 Å². The molecule has 0 bridgehead atoms. The molecule has 4 rings (SSSR count). The summed E-state index contributed by atoms with van der Waals surface area (Å²) in [6.45, 7) is 7.77. The Hall–Kier alpha value is -3.09. The number of anilines is 1. The van der Waals surface area contributed by atoms with Crippen molar-refractivity contribution in [3.05, 3.63) is 59.4 Å². The third-order valence-electron chi connectivity index (χ3n) is 6.07. The van der Waals surface area contributed by atoms with Crippen LogP contribution in [0.1, 0.15) is 11.1 Å². The number of para-hydroxylation sites is 1. The predicted molar refractivity (Wildman–Crippen MR) is 117 cm³/mol. The van der Waals surface area contributed by atoms with E-state index in [1.165, 1.54) is 28.9 Å². The number of piperazine rings is 1. The minimum atomic E-state index is -0.494. The third kappa shape index (κ3) is 4.65. The van der Waals surface area contributed by atoms with Gasteiger partial charge in [0, 0.05) is 45.0 Å². The second-order valence-electron chi connectivity index (χ2n) is 8.32. The number of halogens is 1. The SMILES string of the molecule is Cc1ccc(C)c(N2CCN(C(=O)C3CN(C(=O)COc4ccccc4F)C3)CC2)c1. The molecule has 2 aliphatic heterocycles. The zero-order valence-corrected chi connectivity index (χ0v) is 18.0. The number of hydrogen-bond donors (Lipinski definition) is 0. The summed E-state index contributed by atoms with van der Waals surface area (Å²) in [5.41, 5.74) is 3.72. The molecule has 6 nitrogen and oxygen atoms in total. The first-order valence-electron chi connectivity index (χ1n) is 10.7. The molecular formula is C24H28FN3O3. The zero-order chi connectivity index (χ0) is 22.0. The van der Waals surface area contributed by atoms with Crippen molar-refractivity contribution in [2.24, 2.45) is 5.92 Å². The van der Waals surface area contributed by atoms with Crippen molar-refractivity contribution in [1.82, 2.24) is 9.80 Å². The Kier molecular flexibility index (Phi) is 6.11. The molecule has 0 aliphatic carbocycles. The molecule has 2 amide bonds. The molecule has 2 aromatic rings. The number of aryl methyl sites for hydroxylation is 2. The highest BCUT2D eigenvalue weighted by Crippen LogP contribution is 2.25. The zero-order valence-electron chi connectivity index (χ0n) is 18.0. The normalized spacial score (nSPS) is 16.8. The third-order valence-corrected chi connectivity index (χ3v) is 6.07. The van der Waals surface area contributed by atoms with Crippen LogP contribution in [0.2, 0.25) is 0 Å². The Bertz CT molecular complexity index is 966. The van der Waals surface area contributed by atoms with E-state index in [1.807, 2.05) is 4.90 Å². The number of likely N-dealkylation sites (tertiary alicyclic amines) is 1. The number of amides is 2.